The number of nitrogens with zero attached hydrogens (tertiary/aromatic N) is 2. The summed E-state index contributed by atoms with van der Waals surface area (Å²) in [6.07, 6.45) is 2.19. The average Bonchev–Trinajstić information content (AvgIpc) is 3.11. The molecule has 30 heavy (non-hydrogen) atoms. The molecule has 1 atom stereocenters. The highest BCUT2D eigenvalue weighted by Gasteiger charge is 2.21. The van der Waals surface area contributed by atoms with Gasteiger partial charge in [-0.2, -0.15) is 0 Å². The number of hydrogen-bond donors (Lipinski definition) is 2. The minimum atomic E-state index is -3.62. The monoisotopic (exact) mass is 430 g/mol. The van der Waals surface area contributed by atoms with Crippen LogP contribution in [0.25, 0.3) is 5.65 Å². The van der Waals surface area contributed by atoms with Gasteiger partial charge in [-0.3, -0.25) is 4.79 Å². The van der Waals surface area contributed by atoms with Gasteiger partial charge in [0.25, 0.3) is 5.91 Å². The third kappa shape index (κ3) is 5.02. The van der Waals surface area contributed by atoms with Crippen molar-refractivity contribution in [3.63, 3.8) is 0 Å². The van der Waals surface area contributed by atoms with Crippen molar-refractivity contribution in [3.8, 4) is 0 Å². The standard InChI is InChI=1S/C20H22N4O5S/c1-13(2)23-30(27,28)16-9-7-15(8-10-16)21-19(25)14(3)29-20(26)17-12-24-11-5-4-6-18(24)22-17/h4-14,23H,1-3H3,(H,21,25)/t14-/m1/s1. The fourth-order valence-electron chi connectivity index (χ4n) is 2.65. The molecule has 3 aromatic rings. The number of aromatic nitrogens is 2. The second-order valence-electron chi connectivity index (χ2n) is 6.93. The fraction of sp³-hybridized carbons (Fsp3) is 0.250. The van der Waals surface area contributed by atoms with Crippen LogP contribution in [0, 0.1) is 0 Å². The van der Waals surface area contributed by atoms with Gasteiger partial charge in [-0.25, -0.2) is 22.9 Å². The summed E-state index contributed by atoms with van der Waals surface area (Å²) in [5.74, 6) is -1.27. The maximum Gasteiger partial charge on any atom is 0.359 e. The van der Waals surface area contributed by atoms with Crippen LogP contribution in [0.3, 0.4) is 0 Å². The minimum Gasteiger partial charge on any atom is -0.448 e. The Morgan fingerprint density at radius 1 is 1.07 bits per heavy atom. The molecule has 1 aromatic carbocycles. The number of benzene rings is 1. The van der Waals surface area contributed by atoms with Crippen molar-refractivity contribution < 1.29 is 22.7 Å². The Balaban J connectivity index is 1.61. The number of hydrogen-bond acceptors (Lipinski definition) is 6. The van der Waals surface area contributed by atoms with E-state index in [1.54, 1.807) is 42.6 Å². The molecule has 0 saturated carbocycles. The number of sulfonamides is 1. The lowest BCUT2D eigenvalue weighted by molar-refractivity contribution is -0.123. The van der Waals surface area contributed by atoms with Gasteiger partial charge in [-0.05, 0) is 57.2 Å². The summed E-state index contributed by atoms with van der Waals surface area (Å²) in [5.41, 5.74) is 1.05. The smallest absolute Gasteiger partial charge is 0.359 e. The molecule has 0 radical (unpaired) electrons. The van der Waals surface area contributed by atoms with Gasteiger partial charge in [0.05, 0.1) is 4.90 Å². The zero-order chi connectivity index (χ0) is 21.9. The predicted molar refractivity (Wildman–Crippen MR) is 111 cm³/mol. The number of anilines is 1. The van der Waals surface area contributed by atoms with Gasteiger partial charge in [0.2, 0.25) is 10.0 Å². The Morgan fingerprint density at radius 2 is 1.77 bits per heavy atom. The first-order valence-electron chi connectivity index (χ1n) is 9.23. The largest absolute Gasteiger partial charge is 0.448 e. The van der Waals surface area contributed by atoms with Crippen LogP contribution in [0.1, 0.15) is 31.3 Å². The number of esters is 1. The van der Waals surface area contributed by atoms with Gasteiger partial charge in [0.1, 0.15) is 5.65 Å². The molecule has 0 unspecified atom stereocenters. The third-order valence-electron chi connectivity index (χ3n) is 4.05. The number of carbonyl (C=O) groups excluding carboxylic acids is 2. The summed E-state index contributed by atoms with van der Waals surface area (Å²) in [4.78, 5) is 28.8. The van der Waals surface area contributed by atoms with E-state index in [0.717, 1.165) is 0 Å². The molecule has 2 N–H and O–H groups in total. The third-order valence-corrected chi connectivity index (χ3v) is 5.72. The highest BCUT2D eigenvalue weighted by molar-refractivity contribution is 7.89. The van der Waals surface area contributed by atoms with Crippen LogP contribution in [-0.4, -0.2) is 41.8 Å². The SMILES string of the molecule is CC(C)NS(=O)(=O)c1ccc(NC(=O)[C@@H](C)OC(=O)c2cn3ccccc3n2)cc1. The van der Waals surface area contributed by atoms with Crippen LogP contribution >= 0.6 is 0 Å². The molecule has 0 aliphatic rings. The van der Waals surface area contributed by atoms with Crippen LogP contribution in [0.5, 0.6) is 0 Å². The zero-order valence-electron chi connectivity index (χ0n) is 16.7. The molecule has 0 saturated heterocycles. The van der Waals surface area contributed by atoms with E-state index in [0.29, 0.717) is 11.3 Å². The summed E-state index contributed by atoms with van der Waals surface area (Å²) >= 11 is 0. The van der Waals surface area contributed by atoms with Gasteiger partial charge in [0, 0.05) is 24.1 Å². The van der Waals surface area contributed by atoms with Crippen molar-refractivity contribution in [2.45, 2.75) is 37.8 Å². The van der Waals surface area contributed by atoms with Crippen LogP contribution < -0.4 is 10.0 Å². The van der Waals surface area contributed by atoms with Crippen LogP contribution in [0.15, 0.2) is 59.8 Å². The maximum absolute atomic E-state index is 12.3. The molecule has 2 aromatic heterocycles. The van der Waals surface area contributed by atoms with Crippen molar-refractivity contribution in [3.05, 3.63) is 60.6 Å². The second-order valence-corrected chi connectivity index (χ2v) is 8.64. The molecule has 10 heteroatoms. The van der Waals surface area contributed by atoms with Crippen molar-refractivity contribution in [1.82, 2.24) is 14.1 Å². The highest BCUT2D eigenvalue weighted by atomic mass is 32.2. The number of imidazole rings is 1. The molecular weight excluding hydrogens is 408 g/mol. The lowest BCUT2D eigenvalue weighted by Gasteiger charge is -2.13. The summed E-state index contributed by atoms with van der Waals surface area (Å²) < 4.78 is 33.6. The molecule has 3 rings (SSSR count). The van der Waals surface area contributed by atoms with Crippen molar-refractivity contribution in [1.29, 1.82) is 0 Å². The molecular formula is C20H22N4O5S. The van der Waals surface area contributed by atoms with E-state index in [1.807, 2.05) is 0 Å². The number of fused-ring (bicyclic) bond motifs is 1. The fourth-order valence-corrected chi connectivity index (χ4v) is 3.90. The second kappa shape index (κ2) is 8.64. The van der Waals surface area contributed by atoms with Crippen molar-refractivity contribution in [2.75, 3.05) is 5.32 Å². The summed E-state index contributed by atoms with van der Waals surface area (Å²) in [6.45, 7) is 4.89. The molecule has 158 valence electrons. The molecule has 0 aliphatic carbocycles. The summed E-state index contributed by atoms with van der Waals surface area (Å²) in [5, 5.41) is 2.59. The summed E-state index contributed by atoms with van der Waals surface area (Å²) in [6, 6.07) is 10.8. The lowest BCUT2D eigenvalue weighted by Crippen LogP contribution is -2.30. The van der Waals surface area contributed by atoms with E-state index in [4.69, 9.17) is 4.74 Å². The van der Waals surface area contributed by atoms with E-state index in [-0.39, 0.29) is 16.6 Å². The van der Waals surface area contributed by atoms with E-state index >= 15 is 0 Å². The maximum atomic E-state index is 12.3. The molecule has 9 nitrogen and oxygen atoms in total. The Kier molecular flexibility index (Phi) is 6.18. The van der Waals surface area contributed by atoms with E-state index < -0.39 is 28.0 Å². The van der Waals surface area contributed by atoms with Crippen molar-refractivity contribution in [2.24, 2.45) is 0 Å². The first kappa shape index (κ1) is 21.5. The van der Waals surface area contributed by atoms with Gasteiger partial charge >= 0.3 is 5.97 Å². The Hall–Kier alpha value is -3.24. The average molecular weight is 430 g/mol. The van der Waals surface area contributed by atoms with Crippen LogP contribution in [0.2, 0.25) is 0 Å². The number of rotatable bonds is 7. The summed E-state index contributed by atoms with van der Waals surface area (Å²) in [7, 11) is -3.62. The molecule has 0 fully saturated rings. The van der Waals surface area contributed by atoms with E-state index in [2.05, 4.69) is 15.0 Å². The topological polar surface area (TPSA) is 119 Å². The molecule has 0 spiro atoms. The van der Waals surface area contributed by atoms with Gasteiger partial charge in [-0.1, -0.05) is 6.07 Å². The highest BCUT2D eigenvalue weighted by Crippen LogP contribution is 2.15. The number of nitrogens with one attached hydrogen (secondary N) is 2. The number of pyridine rings is 1. The Labute approximate surface area is 174 Å². The minimum absolute atomic E-state index is 0.0838. The lowest BCUT2D eigenvalue weighted by atomic mass is 10.3. The first-order valence-corrected chi connectivity index (χ1v) is 10.7. The number of ether oxygens (including phenoxy) is 1. The molecule has 0 aliphatic heterocycles. The van der Waals surface area contributed by atoms with Crippen molar-refractivity contribution >= 4 is 33.2 Å². The Bertz CT molecular complexity index is 1140. The van der Waals surface area contributed by atoms with E-state index in [1.165, 1.54) is 37.4 Å². The predicted octanol–water partition coefficient (Wildman–Crippen LogP) is 2.21. The van der Waals surface area contributed by atoms with Gasteiger partial charge in [-0.15, -0.1) is 0 Å². The van der Waals surface area contributed by atoms with E-state index in [9.17, 15) is 18.0 Å². The number of amides is 1. The zero-order valence-corrected chi connectivity index (χ0v) is 17.5. The first-order chi connectivity index (χ1) is 14.2. The van der Waals surface area contributed by atoms with Crippen LogP contribution in [-0.2, 0) is 19.6 Å². The molecule has 0 bridgehead atoms. The molecule has 2 heterocycles. The normalized spacial score (nSPS) is 12.7. The number of carbonyl (C=O) groups is 2. The van der Waals surface area contributed by atoms with Gasteiger partial charge in [0.15, 0.2) is 11.8 Å². The van der Waals surface area contributed by atoms with Crippen LogP contribution in [0.4, 0.5) is 5.69 Å². The molecule has 1 amide bonds. The quantitative estimate of drug-likeness (QED) is 0.555. The Morgan fingerprint density at radius 3 is 2.40 bits per heavy atom. The van der Waals surface area contributed by atoms with Gasteiger partial charge < -0.3 is 14.5 Å².